The van der Waals surface area contributed by atoms with Gasteiger partial charge in [0.2, 0.25) is 5.88 Å². The van der Waals surface area contributed by atoms with Crippen LogP contribution in [0.2, 0.25) is 0 Å². The number of nitro groups is 1. The Kier molecular flexibility index (Phi) is 3.00. The van der Waals surface area contributed by atoms with E-state index in [9.17, 15) is 10.1 Å². The van der Waals surface area contributed by atoms with E-state index in [4.69, 9.17) is 4.74 Å². The Morgan fingerprint density at radius 1 is 1.69 bits per heavy atom. The van der Waals surface area contributed by atoms with Crippen LogP contribution in [0, 0.1) is 17.0 Å². The molecule has 6 heteroatoms. The van der Waals surface area contributed by atoms with Crippen LogP contribution in [-0.4, -0.2) is 29.1 Å². The van der Waals surface area contributed by atoms with E-state index in [-0.39, 0.29) is 11.8 Å². The molecule has 0 radical (unpaired) electrons. The second-order valence-electron chi connectivity index (χ2n) is 3.80. The van der Waals surface area contributed by atoms with Crippen LogP contribution < -0.4 is 10.1 Å². The van der Waals surface area contributed by atoms with E-state index in [2.05, 4.69) is 10.3 Å². The minimum atomic E-state index is -0.441. The Balaban J connectivity index is 2.11. The van der Waals surface area contributed by atoms with Crippen LogP contribution in [0.25, 0.3) is 0 Å². The lowest BCUT2D eigenvalue weighted by Gasteiger charge is -2.11. The number of pyridine rings is 1. The van der Waals surface area contributed by atoms with Crippen LogP contribution in [-0.2, 0) is 0 Å². The number of aryl methyl sites for hydroxylation is 1. The minimum Gasteiger partial charge on any atom is -0.473 e. The molecule has 1 aromatic heterocycles. The first-order valence-electron chi connectivity index (χ1n) is 5.15. The summed E-state index contributed by atoms with van der Waals surface area (Å²) in [5, 5.41) is 13.8. The van der Waals surface area contributed by atoms with Crippen molar-refractivity contribution in [3.8, 4) is 5.88 Å². The average molecular weight is 223 g/mol. The molecule has 1 atom stereocenters. The molecule has 0 aromatic carbocycles. The first kappa shape index (κ1) is 10.8. The summed E-state index contributed by atoms with van der Waals surface area (Å²) in [4.78, 5) is 14.1. The van der Waals surface area contributed by atoms with Crippen molar-refractivity contribution in [2.45, 2.75) is 19.4 Å². The largest absolute Gasteiger partial charge is 0.473 e. The second kappa shape index (κ2) is 4.44. The third kappa shape index (κ3) is 2.27. The van der Waals surface area contributed by atoms with E-state index in [0.29, 0.717) is 11.4 Å². The maximum atomic E-state index is 10.6. The van der Waals surface area contributed by atoms with E-state index in [0.717, 1.165) is 19.5 Å². The van der Waals surface area contributed by atoms with Gasteiger partial charge in [-0.15, -0.1) is 0 Å². The SMILES string of the molecule is Cc1cc(OC2CCNC2)ncc1[N+](=O)[O-]. The predicted octanol–water partition coefficient (Wildman–Crippen LogP) is 1.04. The van der Waals surface area contributed by atoms with Crippen molar-refractivity contribution < 1.29 is 9.66 Å². The average Bonchev–Trinajstić information content (AvgIpc) is 2.70. The molecular weight excluding hydrogens is 210 g/mol. The second-order valence-corrected chi connectivity index (χ2v) is 3.80. The van der Waals surface area contributed by atoms with Crippen LogP contribution in [0.15, 0.2) is 12.3 Å². The van der Waals surface area contributed by atoms with Gasteiger partial charge in [0.15, 0.2) is 0 Å². The molecule has 0 amide bonds. The molecule has 1 aliphatic heterocycles. The highest BCUT2D eigenvalue weighted by molar-refractivity contribution is 5.39. The highest BCUT2D eigenvalue weighted by atomic mass is 16.6. The smallest absolute Gasteiger partial charge is 0.290 e. The fourth-order valence-electron chi connectivity index (χ4n) is 1.68. The molecular formula is C10H13N3O3. The Morgan fingerprint density at radius 3 is 3.06 bits per heavy atom. The van der Waals surface area contributed by atoms with Gasteiger partial charge in [0.25, 0.3) is 5.69 Å². The monoisotopic (exact) mass is 223 g/mol. The summed E-state index contributed by atoms with van der Waals surface area (Å²) in [6, 6.07) is 1.61. The summed E-state index contributed by atoms with van der Waals surface area (Å²) in [5.41, 5.74) is 0.595. The lowest BCUT2D eigenvalue weighted by atomic mass is 10.2. The van der Waals surface area contributed by atoms with Crippen molar-refractivity contribution in [2.75, 3.05) is 13.1 Å². The first-order chi connectivity index (χ1) is 7.66. The highest BCUT2D eigenvalue weighted by Gasteiger charge is 2.18. The Labute approximate surface area is 92.8 Å². The molecule has 2 rings (SSSR count). The zero-order valence-electron chi connectivity index (χ0n) is 8.97. The zero-order chi connectivity index (χ0) is 11.5. The van der Waals surface area contributed by atoms with Gasteiger partial charge in [-0.1, -0.05) is 0 Å². The van der Waals surface area contributed by atoms with Crippen molar-refractivity contribution in [1.82, 2.24) is 10.3 Å². The van der Waals surface area contributed by atoms with E-state index in [1.54, 1.807) is 13.0 Å². The van der Waals surface area contributed by atoms with Crippen LogP contribution in [0.5, 0.6) is 5.88 Å². The molecule has 1 aliphatic rings. The summed E-state index contributed by atoms with van der Waals surface area (Å²) in [6.07, 6.45) is 2.30. The van der Waals surface area contributed by atoms with Crippen LogP contribution in [0.1, 0.15) is 12.0 Å². The molecule has 0 spiro atoms. The molecule has 16 heavy (non-hydrogen) atoms. The molecule has 1 saturated heterocycles. The van der Waals surface area contributed by atoms with Gasteiger partial charge >= 0.3 is 0 Å². The van der Waals surface area contributed by atoms with Gasteiger partial charge in [0.05, 0.1) is 4.92 Å². The molecule has 6 nitrogen and oxygen atoms in total. The summed E-state index contributed by atoms with van der Waals surface area (Å²) in [7, 11) is 0. The number of nitrogens with one attached hydrogen (secondary N) is 1. The molecule has 1 aromatic rings. The molecule has 2 heterocycles. The number of nitrogens with zero attached hydrogens (tertiary/aromatic N) is 2. The third-order valence-corrected chi connectivity index (χ3v) is 2.56. The summed E-state index contributed by atoms with van der Waals surface area (Å²) in [6.45, 7) is 3.42. The van der Waals surface area contributed by atoms with Crippen molar-refractivity contribution in [1.29, 1.82) is 0 Å². The summed E-state index contributed by atoms with van der Waals surface area (Å²) in [5.74, 6) is 0.455. The predicted molar refractivity (Wildman–Crippen MR) is 57.5 cm³/mol. The molecule has 1 N–H and O–H groups in total. The number of hydrogen-bond acceptors (Lipinski definition) is 5. The lowest BCUT2D eigenvalue weighted by molar-refractivity contribution is -0.385. The van der Waals surface area contributed by atoms with Gasteiger partial charge in [-0.2, -0.15) is 0 Å². The van der Waals surface area contributed by atoms with Gasteiger partial charge in [-0.3, -0.25) is 10.1 Å². The molecule has 0 bridgehead atoms. The Bertz CT molecular complexity index is 402. The molecule has 86 valence electrons. The van der Waals surface area contributed by atoms with Gasteiger partial charge in [0.1, 0.15) is 12.3 Å². The third-order valence-electron chi connectivity index (χ3n) is 2.56. The molecule has 1 fully saturated rings. The molecule has 1 unspecified atom stereocenters. The van der Waals surface area contributed by atoms with Gasteiger partial charge in [-0.05, 0) is 19.9 Å². The summed E-state index contributed by atoms with van der Waals surface area (Å²) < 4.78 is 5.59. The van der Waals surface area contributed by atoms with Gasteiger partial charge < -0.3 is 10.1 Å². The number of aromatic nitrogens is 1. The van der Waals surface area contributed by atoms with Crippen molar-refractivity contribution in [3.63, 3.8) is 0 Å². The normalized spacial score (nSPS) is 19.7. The minimum absolute atomic E-state index is 0.0249. The topological polar surface area (TPSA) is 77.3 Å². The molecule has 0 aliphatic carbocycles. The first-order valence-corrected chi connectivity index (χ1v) is 5.15. The van der Waals surface area contributed by atoms with Crippen LogP contribution in [0.4, 0.5) is 5.69 Å². The standard InChI is InChI=1S/C10H13N3O3/c1-7-4-10(12-6-9(7)13(14)15)16-8-2-3-11-5-8/h4,6,8,11H,2-3,5H2,1H3. The summed E-state index contributed by atoms with van der Waals surface area (Å²) >= 11 is 0. The van der Waals surface area contributed by atoms with E-state index in [1.807, 2.05) is 0 Å². The highest BCUT2D eigenvalue weighted by Crippen LogP contribution is 2.21. The maximum absolute atomic E-state index is 10.6. The van der Waals surface area contributed by atoms with E-state index >= 15 is 0 Å². The number of rotatable bonds is 3. The van der Waals surface area contributed by atoms with Crippen molar-refractivity contribution in [2.24, 2.45) is 0 Å². The van der Waals surface area contributed by atoms with Gasteiger partial charge in [-0.25, -0.2) is 4.98 Å². The number of hydrogen-bond donors (Lipinski definition) is 1. The fourth-order valence-corrected chi connectivity index (χ4v) is 1.68. The Morgan fingerprint density at radius 2 is 2.50 bits per heavy atom. The number of ether oxygens (including phenoxy) is 1. The quantitative estimate of drug-likeness (QED) is 0.612. The van der Waals surface area contributed by atoms with E-state index in [1.165, 1.54) is 6.20 Å². The Hall–Kier alpha value is -1.69. The zero-order valence-corrected chi connectivity index (χ0v) is 8.97. The van der Waals surface area contributed by atoms with Crippen molar-refractivity contribution in [3.05, 3.63) is 27.9 Å². The van der Waals surface area contributed by atoms with Crippen molar-refractivity contribution >= 4 is 5.69 Å². The maximum Gasteiger partial charge on any atom is 0.290 e. The van der Waals surface area contributed by atoms with Crippen LogP contribution >= 0.6 is 0 Å². The van der Waals surface area contributed by atoms with Gasteiger partial charge in [0, 0.05) is 18.2 Å². The fraction of sp³-hybridized carbons (Fsp3) is 0.500. The van der Waals surface area contributed by atoms with Crippen LogP contribution in [0.3, 0.4) is 0 Å². The van der Waals surface area contributed by atoms with E-state index < -0.39 is 4.92 Å². The lowest BCUT2D eigenvalue weighted by Crippen LogP contribution is -2.20. The molecule has 0 saturated carbocycles.